The maximum Gasteiger partial charge on any atom is 0.421 e. The lowest BCUT2D eigenvalue weighted by atomic mass is 9.95. The molecule has 1 aliphatic carbocycles. The smallest absolute Gasteiger partial charge is 0.378 e. The summed E-state index contributed by atoms with van der Waals surface area (Å²) in [7, 11) is -3.42. The van der Waals surface area contributed by atoms with Gasteiger partial charge in [0.05, 0.1) is 10.6 Å². The molecule has 1 fully saturated rings. The number of halogens is 3. The first-order valence-electron chi connectivity index (χ1n) is 9.52. The molecule has 6 nitrogen and oxygen atoms in total. The molecule has 2 aromatic rings. The summed E-state index contributed by atoms with van der Waals surface area (Å²) < 4.78 is 63.2. The summed E-state index contributed by atoms with van der Waals surface area (Å²) in [6.45, 7) is 0.624. The fraction of sp³-hybridized carbons (Fsp3) is 0.381. The van der Waals surface area contributed by atoms with Crippen LogP contribution in [0.1, 0.15) is 37.0 Å². The van der Waals surface area contributed by atoms with Gasteiger partial charge in [0.2, 0.25) is 0 Å². The number of amides is 1. The van der Waals surface area contributed by atoms with Crippen LogP contribution < -0.4 is 5.32 Å². The number of carbonyl (C=O) groups excluding carboxylic acids is 1. The first kappa shape index (κ1) is 23.2. The Morgan fingerprint density at radius 1 is 1.10 bits per heavy atom. The van der Waals surface area contributed by atoms with Gasteiger partial charge in [-0.3, -0.25) is 4.79 Å². The molecule has 1 aliphatic rings. The van der Waals surface area contributed by atoms with Crippen molar-refractivity contribution in [2.45, 2.75) is 42.5 Å². The molecule has 1 saturated carbocycles. The Morgan fingerprint density at radius 2 is 1.65 bits per heavy atom. The van der Waals surface area contributed by atoms with Crippen LogP contribution in [-0.4, -0.2) is 36.5 Å². The average Bonchev–Trinajstić information content (AvgIpc) is 3.50. The molecule has 31 heavy (non-hydrogen) atoms. The van der Waals surface area contributed by atoms with E-state index in [1.807, 2.05) is 0 Å². The monoisotopic (exact) mass is 457 g/mol. The van der Waals surface area contributed by atoms with E-state index >= 15 is 0 Å². The van der Waals surface area contributed by atoms with Crippen molar-refractivity contribution in [3.05, 3.63) is 59.7 Å². The molecule has 3 N–H and O–H groups in total. The van der Waals surface area contributed by atoms with E-state index in [4.69, 9.17) is 0 Å². The van der Waals surface area contributed by atoms with Crippen LogP contribution in [0.2, 0.25) is 0 Å². The normalized spacial score (nSPS) is 17.6. The molecule has 3 rings (SSSR count). The number of rotatable bonds is 7. The van der Waals surface area contributed by atoms with E-state index in [0.717, 1.165) is 25.0 Å². The van der Waals surface area contributed by atoms with Gasteiger partial charge >= 0.3 is 6.18 Å². The van der Waals surface area contributed by atoms with Gasteiger partial charge in [0.25, 0.3) is 5.91 Å². The Hall–Kier alpha value is -2.43. The van der Waals surface area contributed by atoms with E-state index in [2.05, 4.69) is 5.32 Å². The average molecular weight is 457 g/mol. The summed E-state index contributed by atoms with van der Waals surface area (Å²) >= 11 is 0. The standard InChI is InChI=1S/C21H22F3NO5S/c1-20(28,21(22,23)24)15-6-8-16(9-7-15)25-19(27)18(26)14-4-10-17(11-5-14)31(29,30)12-13-2-3-13/h4-11,13,18,26,28H,2-3,12H2,1H3,(H,25,27). The molecule has 2 atom stereocenters. The van der Waals surface area contributed by atoms with Gasteiger partial charge in [-0.1, -0.05) is 24.3 Å². The molecule has 1 amide bonds. The first-order valence-corrected chi connectivity index (χ1v) is 11.2. The van der Waals surface area contributed by atoms with Crippen LogP contribution in [0.15, 0.2) is 53.4 Å². The molecule has 0 heterocycles. The lowest BCUT2D eigenvalue weighted by molar-refractivity contribution is -0.258. The van der Waals surface area contributed by atoms with Gasteiger partial charge in [0.15, 0.2) is 21.5 Å². The highest BCUT2D eigenvalue weighted by Crippen LogP contribution is 2.38. The summed E-state index contributed by atoms with van der Waals surface area (Å²) in [5.41, 5.74) is -3.16. The van der Waals surface area contributed by atoms with Crippen molar-refractivity contribution in [3.8, 4) is 0 Å². The number of hydrogen-bond acceptors (Lipinski definition) is 5. The van der Waals surface area contributed by atoms with Crippen molar-refractivity contribution in [2.24, 2.45) is 5.92 Å². The van der Waals surface area contributed by atoms with Crippen molar-refractivity contribution in [1.82, 2.24) is 0 Å². The van der Waals surface area contributed by atoms with Crippen LogP contribution >= 0.6 is 0 Å². The molecule has 0 radical (unpaired) electrons. The summed E-state index contributed by atoms with van der Waals surface area (Å²) in [6.07, 6.45) is -4.69. The van der Waals surface area contributed by atoms with Crippen molar-refractivity contribution >= 4 is 21.4 Å². The fourth-order valence-corrected chi connectivity index (χ4v) is 4.65. The zero-order chi connectivity index (χ0) is 23.0. The zero-order valence-corrected chi connectivity index (χ0v) is 17.4. The van der Waals surface area contributed by atoms with Crippen LogP contribution in [0.5, 0.6) is 0 Å². The fourth-order valence-electron chi connectivity index (χ4n) is 2.95. The second-order valence-corrected chi connectivity index (χ2v) is 9.87. The highest BCUT2D eigenvalue weighted by molar-refractivity contribution is 7.91. The summed E-state index contributed by atoms with van der Waals surface area (Å²) in [5.74, 6) is -0.580. The molecule has 2 aromatic carbocycles. The van der Waals surface area contributed by atoms with Crippen molar-refractivity contribution in [3.63, 3.8) is 0 Å². The maximum absolute atomic E-state index is 12.9. The van der Waals surface area contributed by atoms with Gasteiger partial charge in [0, 0.05) is 5.69 Å². The number of anilines is 1. The minimum Gasteiger partial charge on any atom is -0.378 e. The molecule has 2 unspecified atom stereocenters. The first-order chi connectivity index (χ1) is 14.3. The van der Waals surface area contributed by atoms with Crippen molar-refractivity contribution in [2.75, 3.05) is 11.1 Å². The molecule has 168 valence electrons. The van der Waals surface area contributed by atoms with E-state index in [-0.39, 0.29) is 27.8 Å². The van der Waals surface area contributed by atoms with E-state index in [1.165, 1.54) is 36.4 Å². The van der Waals surface area contributed by atoms with Crippen LogP contribution in [0.25, 0.3) is 0 Å². The quantitative estimate of drug-likeness (QED) is 0.592. The second kappa shape index (κ2) is 8.25. The van der Waals surface area contributed by atoms with Gasteiger partial charge in [-0.05, 0) is 61.1 Å². The van der Waals surface area contributed by atoms with Crippen LogP contribution in [-0.2, 0) is 20.2 Å². The van der Waals surface area contributed by atoms with Crippen molar-refractivity contribution < 1.29 is 36.6 Å². The van der Waals surface area contributed by atoms with Crippen LogP contribution in [0, 0.1) is 5.92 Å². The van der Waals surface area contributed by atoms with Gasteiger partial charge < -0.3 is 15.5 Å². The van der Waals surface area contributed by atoms with E-state index < -0.39 is 39.2 Å². The molecular formula is C21H22F3NO5S. The highest BCUT2D eigenvalue weighted by atomic mass is 32.2. The van der Waals surface area contributed by atoms with Gasteiger partial charge in [0.1, 0.15) is 0 Å². The van der Waals surface area contributed by atoms with Gasteiger partial charge in [-0.2, -0.15) is 13.2 Å². The predicted octanol–water partition coefficient (Wildman–Crippen LogP) is 3.31. The number of nitrogens with one attached hydrogen (secondary N) is 1. The number of benzene rings is 2. The Bertz CT molecular complexity index is 1040. The number of carbonyl (C=O) groups is 1. The van der Waals surface area contributed by atoms with Gasteiger partial charge in [-0.25, -0.2) is 8.42 Å². The second-order valence-electron chi connectivity index (χ2n) is 7.83. The van der Waals surface area contributed by atoms with E-state index in [9.17, 15) is 36.6 Å². The Morgan fingerprint density at radius 3 is 2.13 bits per heavy atom. The molecule has 0 aliphatic heterocycles. The van der Waals surface area contributed by atoms with E-state index in [1.54, 1.807) is 0 Å². The third-order valence-electron chi connectivity index (χ3n) is 5.22. The highest BCUT2D eigenvalue weighted by Gasteiger charge is 2.51. The van der Waals surface area contributed by atoms with Crippen LogP contribution in [0.4, 0.5) is 18.9 Å². The summed E-state index contributed by atoms with van der Waals surface area (Å²) in [6, 6.07) is 9.74. The lowest BCUT2D eigenvalue weighted by Crippen LogP contribution is -2.39. The summed E-state index contributed by atoms with van der Waals surface area (Å²) in [5, 5.41) is 22.3. The van der Waals surface area contributed by atoms with Gasteiger partial charge in [-0.15, -0.1) is 0 Å². The molecular weight excluding hydrogens is 435 g/mol. The Labute approximate surface area is 177 Å². The molecule has 0 bridgehead atoms. The molecule has 10 heteroatoms. The lowest BCUT2D eigenvalue weighted by Gasteiger charge is -2.26. The maximum atomic E-state index is 12.9. The Balaban J connectivity index is 1.66. The number of sulfone groups is 1. The summed E-state index contributed by atoms with van der Waals surface area (Å²) in [4.78, 5) is 12.4. The molecule has 0 aromatic heterocycles. The largest absolute Gasteiger partial charge is 0.421 e. The molecule has 0 saturated heterocycles. The Kier molecular flexibility index (Phi) is 6.18. The molecule has 0 spiro atoms. The third-order valence-corrected chi connectivity index (χ3v) is 7.12. The van der Waals surface area contributed by atoms with Crippen molar-refractivity contribution in [1.29, 1.82) is 0 Å². The number of aliphatic hydroxyl groups excluding tert-OH is 1. The SMILES string of the molecule is CC(O)(c1ccc(NC(=O)C(O)c2ccc(S(=O)(=O)CC3CC3)cc2)cc1)C(F)(F)F. The van der Waals surface area contributed by atoms with E-state index in [0.29, 0.717) is 6.92 Å². The topological polar surface area (TPSA) is 104 Å². The zero-order valence-electron chi connectivity index (χ0n) is 16.6. The number of alkyl halides is 3. The van der Waals surface area contributed by atoms with Crippen LogP contribution in [0.3, 0.4) is 0 Å². The predicted molar refractivity (Wildman–Crippen MR) is 107 cm³/mol. The minimum atomic E-state index is -4.87. The minimum absolute atomic E-state index is 0.0760. The number of hydrogen-bond donors (Lipinski definition) is 3. The number of aliphatic hydroxyl groups is 2. The third kappa shape index (κ3) is 5.25.